The molecule has 0 unspecified atom stereocenters. The summed E-state index contributed by atoms with van der Waals surface area (Å²) in [7, 11) is 0. The summed E-state index contributed by atoms with van der Waals surface area (Å²) in [5.41, 5.74) is -5.05. The molecule has 2 aromatic rings. The number of pyridine rings is 1. The maximum Gasteiger partial charge on any atom is 0.434 e. The molecule has 0 saturated heterocycles. The molecule has 0 atom stereocenters. The van der Waals surface area contributed by atoms with Crippen LogP contribution in [0, 0.1) is 0 Å². The summed E-state index contributed by atoms with van der Waals surface area (Å²) in [6.45, 7) is -1.52. The molecule has 0 bridgehead atoms. The fourth-order valence-corrected chi connectivity index (χ4v) is 2.24. The molecule has 1 amide bonds. The van der Waals surface area contributed by atoms with Crippen LogP contribution in [-0.4, -0.2) is 29.1 Å². The first-order valence-electron chi connectivity index (χ1n) is 7.79. The van der Waals surface area contributed by atoms with Crippen LogP contribution >= 0.6 is 0 Å². The molecule has 152 valence electrons. The number of amides is 1. The van der Waals surface area contributed by atoms with Gasteiger partial charge in [-0.2, -0.15) is 26.3 Å². The number of aromatic nitrogens is 1. The third-order valence-electron chi connectivity index (χ3n) is 3.42. The molecule has 1 heterocycles. The molecular formula is C17H14F6N2O3. The van der Waals surface area contributed by atoms with Crippen molar-refractivity contribution in [3.63, 3.8) is 0 Å². The van der Waals surface area contributed by atoms with Crippen molar-refractivity contribution in [2.75, 3.05) is 13.2 Å². The molecular weight excluding hydrogens is 394 g/mol. The van der Waals surface area contributed by atoms with E-state index in [2.05, 4.69) is 4.98 Å². The van der Waals surface area contributed by atoms with Crippen molar-refractivity contribution >= 4 is 5.91 Å². The van der Waals surface area contributed by atoms with Crippen molar-refractivity contribution in [1.29, 1.82) is 0 Å². The highest BCUT2D eigenvalue weighted by atomic mass is 19.4. The number of benzene rings is 1. The molecule has 0 fully saturated rings. The number of carbonyl (C=O) groups is 1. The topological polar surface area (TPSA) is 71.5 Å². The number of carbonyl (C=O) groups excluding carboxylic acids is 1. The van der Waals surface area contributed by atoms with E-state index >= 15 is 0 Å². The molecule has 28 heavy (non-hydrogen) atoms. The summed E-state index contributed by atoms with van der Waals surface area (Å²) in [6, 6.07) is 8.27. The lowest BCUT2D eigenvalue weighted by Gasteiger charge is -2.19. The first-order valence-corrected chi connectivity index (χ1v) is 7.79. The minimum Gasteiger partial charge on any atom is -0.473 e. The van der Waals surface area contributed by atoms with Crippen LogP contribution in [0.25, 0.3) is 0 Å². The average molecular weight is 408 g/mol. The van der Waals surface area contributed by atoms with E-state index in [-0.39, 0.29) is 12.7 Å². The number of ether oxygens (including phenoxy) is 1. The van der Waals surface area contributed by atoms with Gasteiger partial charge in [-0.3, -0.25) is 4.79 Å². The molecule has 0 saturated carbocycles. The van der Waals surface area contributed by atoms with Crippen molar-refractivity contribution in [2.45, 2.75) is 19.0 Å². The average Bonchev–Trinajstić information content (AvgIpc) is 2.63. The summed E-state index contributed by atoms with van der Waals surface area (Å²) in [4.78, 5) is 15.0. The molecule has 0 aliphatic rings. The van der Waals surface area contributed by atoms with E-state index in [0.717, 1.165) is 0 Å². The van der Waals surface area contributed by atoms with E-state index in [1.54, 1.807) is 35.6 Å². The van der Waals surface area contributed by atoms with Crippen LogP contribution in [0.1, 0.15) is 27.2 Å². The summed E-state index contributed by atoms with van der Waals surface area (Å²) >= 11 is 0. The summed E-state index contributed by atoms with van der Waals surface area (Å²) < 4.78 is 85.1. The van der Waals surface area contributed by atoms with Gasteiger partial charge in [-0.05, 0) is 5.56 Å². The lowest BCUT2D eigenvalue weighted by molar-refractivity contribution is -0.146. The number of hydrogen-bond acceptors (Lipinski definition) is 4. The van der Waals surface area contributed by atoms with Gasteiger partial charge in [-0.15, -0.1) is 0 Å². The molecule has 2 rings (SSSR count). The SMILES string of the molecule is O=C(NCCO)c1c(C(F)(F)F)cc(OCc2ccccc2)nc1C(F)(F)F. The Morgan fingerprint density at radius 1 is 1.07 bits per heavy atom. The first kappa shape index (κ1) is 21.5. The Morgan fingerprint density at radius 2 is 1.71 bits per heavy atom. The monoisotopic (exact) mass is 408 g/mol. The van der Waals surface area contributed by atoms with Gasteiger partial charge in [-0.1, -0.05) is 30.3 Å². The zero-order chi connectivity index (χ0) is 20.9. The van der Waals surface area contributed by atoms with E-state index in [1.807, 2.05) is 0 Å². The van der Waals surface area contributed by atoms with Gasteiger partial charge < -0.3 is 15.2 Å². The molecule has 2 N–H and O–H groups in total. The Balaban J connectivity index is 2.53. The van der Waals surface area contributed by atoms with Crippen LogP contribution < -0.4 is 10.1 Å². The van der Waals surface area contributed by atoms with Crippen LogP contribution in [0.2, 0.25) is 0 Å². The van der Waals surface area contributed by atoms with Crippen LogP contribution in [-0.2, 0) is 19.0 Å². The van der Waals surface area contributed by atoms with Gasteiger partial charge in [0.1, 0.15) is 6.61 Å². The number of nitrogens with one attached hydrogen (secondary N) is 1. The second-order valence-electron chi connectivity index (χ2n) is 5.48. The minimum atomic E-state index is -5.35. The Kier molecular flexibility index (Phi) is 6.49. The predicted molar refractivity (Wildman–Crippen MR) is 84.4 cm³/mol. The number of nitrogens with zero attached hydrogens (tertiary/aromatic N) is 1. The van der Waals surface area contributed by atoms with Crippen LogP contribution in [0.5, 0.6) is 5.88 Å². The molecule has 0 radical (unpaired) electrons. The standard InChI is InChI=1S/C17H14F6N2O3/c18-16(19,20)11-8-12(28-9-10-4-2-1-3-5-10)25-14(17(21,22)23)13(11)15(27)24-6-7-26/h1-5,8,26H,6-7,9H2,(H,24,27). The second-order valence-corrected chi connectivity index (χ2v) is 5.48. The van der Waals surface area contributed by atoms with E-state index in [0.29, 0.717) is 5.56 Å². The van der Waals surface area contributed by atoms with E-state index in [1.165, 1.54) is 0 Å². The summed E-state index contributed by atoms with van der Waals surface area (Å²) in [6.07, 6.45) is -10.6. The van der Waals surface area contributed by atoms with E-state index in [9.17, 15) is 31.1 Å². The largest absolute Gasteiger partial charge is 0.473 e. The van der Waals surface area contributed by atoms with Crippen LogP contribution in [0.3, 0.4) is 0 Å². The maximum absolute atomic E-state index is 13.4. The van der Waals surface area contributed by atoms with Gasteiger partial charge in [0.05, 0.1) is 17.7 Å². The van der Waals surface area contributed by atoms with Gasteiger partial charge in [0.15, 0.2) is 5.69 Å². The Bertz CT molecular complexity index is 787. The van der Waals surface area contributed by atoms with E-state index < -0.39 is 54.1 Å². The fraction of sp³-hybridized carbons (Fsp3) is 0.294. The highest BCUT2D eigenvalue weighted by Crippen LogP contribution is 2.40. The highest BCUT2D eigenvalue weighted by Gasteiger charge is 2.45. The number of rotatable bonds is 6. The fourth-order valence-electron chi connectivity index (χ4n) is 2.24. The van der Waals surface area contributed by atoms with E-state index in [4.69, 9.17) is 9.84 Å². The summed E-state index contributed by atoms with van der Waals surface area (Å²) in [5, 5.41) is 10.4. The first-order chi connectivity index (χ1) is 13.0. The third kappa shape index (κ3) is 5.35. The van der Waals surface area contributed by atoms with Gasteiger partial charge >= 0.3 is 12.4 Å². The van der Waals surface area contributed by atoms with Gasteiger partial charge in [0, 0.05) is 12.6 Å². The highest BCUT2D eigenvalue weighted by molar-refractivity contribution is 5.97. The van der Waals surface area contributed by atoms with Gasteiger partial charge in [0.2, 0.25) is 5.88 Å². The van der Waals surface area contributed by atoms with Crippen molar-refractivity contribution in [1.82, 2.24) is 10.3 Å². The quantitative estimate of drug-likeness (QED) is 0.719. The molecule has 1 aromatic carbocycles. The normalized spacial score (nSPS) is 12.0. The van der Waals surface area contributed by atoms with Crippen molar-refractivity contribution < 1.29 is 41.0 Å². The number of alkyl halides is 6. The zero-order valence-electron chi connectivity index (χ0n) is 14.1. The lowest BCUT2D eigenvalue weighted by Crippen LogP contribution is -2.32. The van der Waals surface area contributed by atoms with Gasteiger partial charge in [-0.25, -0.2) is 4.98 Å². The number of aliphatic hydroxyl groups is 1. The second kappa shape index (κ2) is 8.46. The third-order valence-corrected chi connectivity index (χ3v) is 3.42. The number of hydrogen-bond donors (Lipinski definition) is 2. The number of halogens is 6. The van der Waals surface area contributed by atoms with Gasteiger partial charge in [0.25, 0.3) is 5.91 Å². The number of aliphatic hydroxyl groups excluding tert-OH is 1. The van der Waals surface area contributed by atoms with Crippen LogP contribution in [0.15, 0.2) is 36.4 Å². The smallest absolute Gasteiger partial charge is 0.434 e. The predicted octanol–water partition coefficient (Wildman–Crippen LogP) is 3.42. The van der Waals surface area contributed by atoms with Crippen LogP contribution in [0.4, 0.5) is 26.3 Å². The Morgan fingerprint density at radius 3 is 2.25 bits per heavy atom. The summed E-state index contributed by atoms with van der Waals surface area (Å²) in [5.74, 6) is -2.59. The minimum absolute atomic E-state index is 0.242. The molecule has 11 heteroatoms. The van der Waals surface area contributed by atoms with Crippen molar-refractivity contribution in [3.05, 3.63) is 58.8 Å². The molecule has 0 spiro atoms. The molecule has 0 aliphatic heterocycles. The van der Waals surface area contributed by atoms with Crippen molar-refractivity contribution in [2.24, 2.45) is 0 Å². The molecule has 0 aliphatic carbocycles. The molecule has 5 nitrogen and oxygen atoms in total. The molecule has 1 aromatic heterocycles. The lowest BCUT2D eigenvalue weighted by atomic mass is 10.0. The Hall–Kier alpha value is -2.82. The Labute approximate surface area is 155 Å². The zero-order valence-corrected chi connectivity index (χ0v) is 14.1. The van der Waals surface area contributed by atoms with Crippen molar-refractivity contribution in [3.8, 4) is 5.88 Å². The maximum atomic E-state index is 13.4.